The summed E-state index contributed by atoms with van der Waals surface area (Å²) < 4.78 is 0.732. The Balaban J connectivity index is 1.42. The number of phenolic OH excluding ortho intramolecular Hbond substituents is 1. The number of hydrogen-bond acceptors (Lipinski definition) is 4. The predicted molar refractivity (Wildman–Crippen MR) is 104 cm³/mol. The first kappa shape index (κ1) is 19.1. The molecule has 3 rings (SSSR count). The zero-order chi connectivity index (χ0) is 19.4. The van der Waals surface area contributed by atoms with Crippen molar-refractivity contribution in [1.29, 1.82) is 0 Å². The van der Waals surface area contributed by atoms with E-state index in [1.807, 2.05) is 12.1 Å². The molecule has 0 unspecified atom stereocenters. The van der Waals surface area contributed by atoms with Crippen molar-refractivity contribution in [2.75, 3.05) is 13.1 Å². The number of halogens is 1. The Hall–Kier alpha value is -2.67. The van der Waals surface area contributed by atoms with Crippen LogP contribution in [0.25, 0.3) is 0 Å². The number of nitrogens with zero attached hydrogens (tertiary/aromatic N) is 1. The van der Waals surface area contributed by atoms with Gasteiger partial charge in [-0.25, -0.2) is 0 Å². The van der Waals surface area contributed by atoms with E-state index in [0.29, 0.717) is 17.7 Å². The van der Waals surface area contributed by atoms with Crippen LogP contribution in [-0.4, -0.2) is 40.8 Å². The van der Waals surface area contributed by atoms with Crippen LogP contribution in [-0.2, 0) is 11.2 Å². The molecule has 0 spiro atoms. The number of aryl methyl sites for hydroxylation is 1. The van der Waals surface area contributed by atoms with Gasteiger partial charge in [-0.1, -0.05) is 28.1 Å². The molecule has 1 aliphatic heterocycles. The van der Waals surface area contributed by atoms with Gasteiger partial charge in [0.1, 0.15) is 5.75 Å². The lowest BCUT2D eigenvalue weighted by Gasteiger charge is -2.13. The third-order valence-electron chi connectivity index (χ3n) is 4.40. The third kappa shape index (κ3) is 4.54. The second-order valence-corrected chi connectivity index (χ2v) is 7.24. The molecule has 140 valence electrons. The Labute approximate surface area is 165 Å². The van der Waals surface area contributed by atoms with Crippen LogP contribution in [0, 0.1) is 0 Å². The first-order chi connectivity index (χ1) is 13.0. The van der Waals surface area contributed by atoms with E-state index in [-0.39, 0.29) is 36.4 Å². The molecule has 3 amide bonds. The minimum Gasteiger partial charge on any atom is -0.508 e. The lowest BCUT2D eigenvalue weighted by molar-refractivity contribution is -0.121. The van der Waals surface area contributed by atoms with E-state index in [0.717, 1.165) is 27.8 Å². The van der Waals surface area contributed by atoms with Crippen LogP contribution >= 0.6 is 15.9 Å². The number of nitrogens with one attached hydrogen (secondary N) is 1. The van der Waals surface area contributed by atoms with Crippen LogP contribution in [0.5, 0.6) is 5.75 Å². The van der Waals surface area contributed by atoms with Crippen molar-refractivity contribution < 1.29 is 19.5 Å². The maximum atomic E-state index is 12.3. The second-order valence-electron chi connectivity index (χ2n) is 6.32. The SMILES string of the molecule is O=C(CCN1C(=O)c2ccc(Br)cc2C1=O)NCCCc1ccc(O)cc1. The predicted octanol–water partition coefficient (Wildman–Crippen LogP) is 2.89. The van der Waals surface area contributed by atoms with Crippen LogP contribution in [0.1, 0.15) is 39.1 Å². The number of aromatic hydroxyl groups is 1. The number of benzene rings is 2. The molecule has 0 aliphatic carbocycles. The smallest absolute Gasteiger partial charge is 0.261 e. The Morgan fingerprint density at radius 1 is 1.04 bits per heavy atom. The largest absolute Gasteiger partial charge is 0.508 e. The number of fused-ring (bicyclic) bond motifs is 1. The summed E-state index contributed by atoms with van der Waals surface area (Å²) in [5, 5.41) is 12.1. The zero-order valence-electron chi connectivity index (χ0n) is 14.6. The van der Waals surface area contributed by atoms with E-state index in [2.05, 4.69) is 21.2 Å². The number of imide groups is 1. The molecule has 0 atom stereocenters. The van der Waals surface area contributed by atoms with E-state index >= 15 is 0 Å². The number of phenols is 1. The van der Waals surface area contributed by atoms with Gasteiger partial charge in [0.05, 0.1) is 11.1 Å². The molecular weight excluding hydrogens is 412 g/mol. The van der Waals surface area contributed by atoms with Crippen molar-refractivity contribution >= 4 is 33.7 Å². The lowest BCUT2D eigenvalue weighted by atomic mass is 10.1. The van der Waals surface area contributed by atoms with Gasteiger partial charge in [-0.2, -0.15) is 0 Å². The summed E-state index contributed by atoms with van der Waals surface area (Å²) in [6.45, 7) is 0.572. The fraction of sp³-hybridized carbons (Fsp3) is 0.250. The van der Waals surface area contributed by atoms with Crippen molar-refractivity contribution in [1.82, 2.24) is 10.2 Å². The van der Waals surface area contributed by atoms with Crippen LogP contribution < -0.4 is 5.32 Å². The van der Waals surface area contributed by atoms with Gasteiger partial charge in [0.2, 0.25) is 5.91 Å². The summed E-state index contributed by atoms with van der Waals surface area (Å²) in [4.78, 5) is 37.8. The van der Waals surface area contributed by atoms with Crippen LogP contribution in [0.3, 0.4) is 0 Å². The fourth-order valence-corrected chi connectivity index (χ4v) is 3.31. The molecule has 27 heavy (non-hydrogen) atoms. The van der Waals surface area contributed by atoms with Gasteiger partial charge in [-0.3, -0.25) is 19.3 Å². The number of carbonyl (C=O) groups is 3. The molecule has 2 aromatic rings. The van der Waals surface area contributed by atoms with Gasteiger partial charge >= 0.3 is 0 Å². The first-order valence-electron chi connectivity index (χ1n) is 8.66. The standard InChI is InChI=1S/C20H19BrN2O4/c21-14-5-8-16-17(12-14)20(27)23(19(16)26)11-9-18(25)22-10-1-2-13-3-6-15(24)7-4-13/h3-8,12,24H,1-2,9-11H2,(H,22,25). The highest BCUT2D eigenvalue weighted by molar-refractivity contribution is 9.10. The molecule has 7 heteroatoms. The van der Waals surface area contributed by atoms with Gasteiger partial charge in [0.25, 0.3) is 11.8 Å². The first-order valence-corrected chi connectivity index (χ1v) is 9.45. The summed E-state index contributed by atoms with van der Waals surface area (Å²) in [6.07, 6.45) is 1.62. The summed E-state index contributed by atoms with van der Waals surface area (Å²) in [7, 11) is 0. The number of carbonyl (C=O) groups excluding carboxylic acids is 3. The molecule has 6 nitrogen and oxygen atoms in total. The summed E-state index contributed by atoms with van der Waals surface area (Å²) in [5.41, 5.74) is 1.82. The summed E-state index contributed by atoms with van der Waals surface area (Å²) >= 11 is 3.29. The molecule has 0 aromatic heterocycles. The lowest BCUT2D eigenvalue weighted by Crippen LogP contribution is -2.34. The van der Waals surface area contributed by atoms with Crippen LogP contribution in [0.15, 0.2) is 46.9 Å². The highest BCUT2D eigenvalue weighted by Gasteiger charge is 2.35. The molecule has 0 fully saturated rings. The fourth-order valence-electron chi connectivity index (χ4n) is 2.95. The Morgan fingerprint density at radius 2 is 1.74 bits per heavy atom. The van der Waals surface area contributed by atoms with Crippen molar-refractivity contribution in [3.8, 4) is 5.75 Å². The average molecular weight is 431 g/mol. The molecule has 0 saturated heterocycles. The molecule has 0 bridgehead atoms. The minimum absolute atomic E-state index is 0.0633. The molecule has 0 radical (unpaired) electrons. The monoisotopic (exact) mass is 430 g/mol. The zero-order valence-corrected chi connectivity index (χ0v) is 16.2. The quantitative estimate of drug-likeness (QED) is 0.522. The van der Waals surface area contributed by atoms with Gasteiger partial charge in [-0.05, 0) is 48.7 Å². The molecule has 1 aliphatic rings. The van der Waals surface area contributed by atoms with E-state index in [1.165, 1.54) is 0 Å². The second kappa shape index (κ2) is 8.35. The molecule has 0 saturated carbocycles. The van der Waals surface area contributed by atoms with Gasteiger partial charge in [0.15, 0.2) is 0 Å². The van der Waals surface area contributed by atoms with E-state index in [9.17, 15) is 19.5 Å². The van der Waals surface area contributed by atoms with Crippen LogP contribution in [0.4, 0.5) is 0 Å². The summed E-state index contributed by atoms with van der Waals surface area (Å²) in [6, 6.07) is 11.9. The molecule has 2 N–H and O–H groups in total. The molecule has 1 heterocycles. The van der Waals surface area contributed by atoms with E-state index < -0.39 is 0 Å². The Kier molecular flexibility index (Phi) is 5.91. The maximum absolute atomic E-state index is 12.3. The molecule has 2 aromatic carbocycles. The minimum atomic E-state index is -0.364. The number of amides is 3. The maximum Gasteiger partial charge on any atom is 0.261 e. The highest BCUT2D eigenvalue weighted by Crippen LogP contribution is 2.26. The van der Waals surface area contributed by atoms with Crippen molar-refractivity contribution in [2.24, 2.45) is 0 Å². The van der Waals surface area contributed by atoms with Gasteiger partial charge in [0, 0.05) is 24.0 Å². The molecular formula is C20H19BrN2O4. The average Bonchev–Trinajstić information content (AvgIpc) is 2.88. The van der Waals surface area contributed by atoms with E-state index in [4.69, 9.17) is 0 Å². The third-order valence-corrected chi connectivity index (χ3v) is 4.89. The van der Waals surface area contributed by atoms with Gasteiger partial charge < -0.3 is 10.4 Å². The number of rotatable bonds is 7. The summed E-state index contributed by atoms with van der Waals surface area (Å²) in [5.74, 6) is -0.690. The normalized spacial score (nSPS) is 13.0. The Bertz CT molecular complexity index is 880. The van der Waals surface area contributed by atoms with Crippen molar-refractivity contribution in [3.05, 3.63) is 63.6 Å². The van der Waals surface area contributed by atoms with Crippen LogP contribution in [0.2, 0.25) is 0 Å². The Morgan fingerprint density at radius 3 is 2.48 bits per heavy atom. The van der Waals surface area contributed by atoms with Crippen molar-refractivity contribution in [3.63, 3.8) is 0 Å². The number of hydrogen-bond donors (Lipinski definition) is 2. The van der Waals surface area contributed by atoms with Crippen molar-refractivity contribution in [2.45, 2.75) is 19.3 Å². The van der Waals surface area contributed by atoms with E-state index in [1.54, 1.807) is 30.3 Å². The highest BCUT2D eigenvalue weighted by atomic mass is 79.9. The van der Waals surface area contributed by atoms with Gasteiger partial charge in [-0.15, -0.1) is 0 Å². The topological polar surface area (TPSA) is 86.7 Å².